The lowest BCUT2D eigenvalue weighted by Gasteiger charge is -2.30. The number of carbonyl (C=O) groups excluding carboxylic acids is 5. The lowest BCUT2D eigenvalue weighted by molar-refractivity contribution is -0.120. The second-order valence-electron chi connectivity index (χ2n) is 11.7. The predicted molar refractivity (Wildman–Crippen MR) is 175 cm³/mol. The molecule has 6 atom stereocenters. The number of hydrogen-bond acceptors (Lipinski definition) is 10. The van der Waals surface area contributed by atoms with E-state index in [0.717, 1.165) is 6.08 Å². The van der Waals surface area contributed by atoms with Crippen LogP contribution >= 0.6 is 0 Å². The number of benzene rings is 1. The Hall–Kier alpha value is -4.69. The fourth-order valence-electron chi connectivity index (χ4n) is 5.50. The molecule has 258 valence electrons. The highest BCUT2D eigenvalue weighted by atomic mass is 16.6. The molecule has 0 unspecified atom stereocenters. The molecule has 2 aliphatic rings. The Balaban J connectivity index is 2.11. The maximum Gasteiger partial charge on any atom is 0.405 e. The molecular weight excluding hydrogens is 622 g/mol. The van der Waals surface area contributed by atoms with E-state index in [1.54, 1.807) is 44.2 Å². The van der Waals surface area contributed by atoms with Crippen molar-refractivity contribution < 1.29 is 48.4 Å². The molecular formula is C35H43N3O10. The quantitative estimate of drug-likeness (QED) is 0.221. The van der Waals surface area contributed by atoms with Crippen LogP contribution < -0.4 is 16.4 Å². The zero-order valence-electron chi connectivity index (χ0n) is 27.6. The van der Waals surface area contributed by atoms with Crippen LogP contribution in [0.2, 0.25) is 0 Å². The number of nitrogens with one attached hydrogen (secondary N) is 2. The standard InChI is InChI=1S/C35H43N3O10/c1-19-14-24-29(38-34(44)22-11-7-6-8-12-22)26(40)17-25(31(24)42)37-33(43)20(2)10-9-13-27(46-4)32(48-35(36)45)23(18-39)16-21(3)30(41)28(15-19)47-5/h6-13,16-17,19,21,27-28,30,32,39,41H,14-15,18H2,1-5H3,(H2,36,45)(H,37,43)(H,38,44)/b13-9-,20-10+,23-16+/t19-,21+,27+,28+,30-,32+/m1/s1. The Morgan fingerprint density at radius 2 is 1.77 bits per heavy atom. The van der Waals surface area contributed by atoms with Gasteiger partial charge in [0, 0.05) is 42.9 Å². The highest BCUT2D eigenvalue weighted by molar-refractivity contribution is 6.24. The highest BCUT2D eigenvalue weighted by Gasteiger charge is 2.34. The van der Waals surface area contributed by atoms with E-state index < -0.39 is 66.4 Å². The molecule has 6 N–H and O–H groups in total. The number of nitrogens with two attached hydrogens (primary N) is 1. The Morgan fingerprint density at radius 1 is 1.08 bits per heavy atom. The van der Waals surface area contributed by atoms with Gasteiger partial charge in [0.05, 0.1) is 30.2 Å². The summed E-state index contributed by atoms with van der Waals surface area (Å²) < 4.78 is 16.4. The van der Waals surface area contributed by atoms with Gasteiger partial charge in [-0.15, -0.1) is 0 Å². The summed E-state index contributed by atoms with van der Waals surface area (Å²) in [5.41, 5.74) is 5.47. The summed E-state index contributed by atoms with van der Waals surface area (Å²) in [6, 6.07) is 8.19. The predicted octanol–water partition coefficient (Wildman–Crippen LogP) is 2.16. The number of ether oxygens (including phenoxy) is 3. The van der Waals surface area contributed by atoms with Gasteiger partial charge >= 0.3 is 6.09 Å². The summed E-state index contributed by atoms with van der Waals surface area (Å²) in [7, 11) is 2.76. The van der Waals surface area contributed by atoms with E-state index in [4.69, 9.17) is 19.9 Å². The number of amides is 3. The van der Waals surface area contributed by atoms with Crippen molar-refractivity contribution in [2.75, 3.05) is 20.8 Å². The van der Waals surface area contributed by atoms with E-state index in [1.807, 2.05) is 0 Å². The van der Waals surface area contributed by atoms with E-state index in [1.165, 1.54) is 45.4 Å². The first-order valence-corrected chi connectivity index (χ1v) is 15.4. The minimum Gasteiger partial charge on any atom is -0.439 e. The summed E-state index contributed by atoms with van der Waals surface area (Å²) >= 11 is 0. The monoisotopic (exact) mass is 665 g/mol. The number of primary amides is 1. The summed E-state index contributed by atoms with van der Waals surface area (Å²) in [4.78, 5) is 65.2. The second kappa shape index (κ2) is 17.5. The van der Waals surface area contributed by atoms with E-state index in [-0.39, 0.29) is 52.4 Å². The van der Waals surface area contributed by atoms with Gasteiger partial charge in [0.2, 0.25) is 11.6 Å². The largest absolute Gasteiger partial charge is 0.439 e. The summed E-state index contributed by atoms with van der Waals surface area (Å²) in [6.07, 6.45) is 1.84. The molecule has 0 saturated heterocycles. The summed E-state index contributed by atoms with van der Waals surface area (Å²) in [6.45, 7) is 4.39. The number of fused-ring (bicyclic) bond motifs is 2. The van der Waals surface area contributed by atoms with Gasteiger partial charge in [-0.05, 0) is 43.4 Å². The first-order valence-electron chi connectivity index (χ1n) is 15.4. The van der Waals surface area contributed by atoms with Crippen LogP contribution in [-0.2, 0) is 28.6 Å². The van der Waals surface area contributed by atoms with Crippen molar-refractivity contribution >= 4 is 29.5 Å². The van der Waals surface area contributed by atoms with Gasteiger partial charge in [-0.3, -0.25) is 19.2 Å². The number of methoxy groups -OCH3 is 2. The van der Waals surface area contributed by atoms with Crippen molar-refractivity contribution in [3.8, 4) is 0 Å². The summed E-state index contributed by atoms with van der Waals surface area (Å²) in [5, 5.41) is 26.7. The minimum absolute atomic E-state index is 0.0109. The van der Waals surface area contributed by atoms with Gasteiger partial charge in [0.1, 0.15) is 6.10 Å². The lowest BCUT2D eigenvalue weighted by Crippen LogP contribution is -2.39. The SMILES string of the molecule is CO[C@H]1/C=C\C=C(/C)C(=O)NC2=CC(=O)C(NC(=O)c3ccccc3)=C(C[C@@H](C)C[C@H](OC)[C@H](O)[C@@H](C)/C=C(\CO)[C@@H]1OC(N)=O)C2=O. The Kier molecular flexibility index (Phi) is 13.7. The molecule has 48 heavy (non-hydrogen) atoms. The molecule has 0 fully saturated rings. The molecule has 0 aromatic heterocycles. The number of ketones is 2. The molecule has 13 heteroatoms. The zero-order valence-corrected chi connectivity index (χ0v) is 27.6. The molecule has 3 rings (SSSR count). The molecule has 3 amide bonds. The number of allylic oxidation sites excluding steroid dienone is 4. The third-order valence-corrected chi connectivity index (χ3v) is 8.12. The minimum atomic E-state index is -1.18. The average molecular weight is 666 g/mol. The average Bonchev–Trinajstić information content (AvgIpc) is 3.06. The number of rotatable bonds is 6. The maximum absolute atomic E-state index is 13.8. The van der Waals surface area contributed by atoms with Crippen molar-refractivity contribution in [2.45, 2.75) is 58.0 Å². The molecule has 1 aromatic rings. The van der Waals surface area contributed by atoms with Gasteiger partial charge in [-0.25, -0.2) is 4.79 Å². The molecule has 0 spiro atoms. The van der Waals surface area contributed by atoms with Crippen LogP contribution in [0.15, 0.2) is 88.8 Å². The number of carbonyl (C=O) groups is 5. The van der Waals surface area contributed by atoms with Crippen LogP contribution in [-0.4, -0.2) is 84.9 Å². The van der Waals surface area contributed by atoms with Gasteiger partial charge in [-0.1, -0.05) is 56.4 Å². The van der Waals surface area contributed by atoms with Crippen LogP contribution in [0.1, 0.15) is 44.0 Å². The topological polar surface area (TPSA) is 204 Å². The molecule has 2 bridgehead atoms. The zero-order chi connectivity index (χ0) is 35.5. The molecule has 1 aliphatic heterocycles. The second-order valence-corrected chi connectivity index (χ2v) is 11.7. The van der Waals surface area contributed by atoms with Crippen molar-refractivity contribution in [2.24, 2.45) is 17.6 Å². The van der Waals surface area contributed by atoms with Crippen molar-refractivity contribution in [1.82, 2.24) is 10.6 Å². The van der Waals surface area contributed by atoms with Gasteiger partial charge in [0.25, 0.3) is 11.8 Å². The lowest BCUT2D eigenvalue weighted by atomic mass is 9.85. The molecule has 0 saturated carbocycles. The Bertz CT molecular complexity index is 1540. The fourth-order valence-corrected chi connectivity index (χ4v) is 5.50. The molecule has 1 aliphatic carbocycles. The van der Waals surface area contributed by atoms with E-state index in [9.17, 15) is 34.2 Å². The smallest absolute Gasteiger partial charge is 0.405 e. The van der Waals surface area contributed by atoms with Crippen molar-refractivity contribution in [3.05, 3.63) is 94.4 Å². The third-order valence-electron chi connectivity index (χ3n) is 8.12. The van der Waals surface area contributed by atoms with Crippen LogP contribution in [0.4, 0.5) is 4.79 Å². The van der Waals surface area contributed by atoms with Gasteiger partial charge < -0.3 is 40.8 Å². The molecule has 1 aromatic carbocycles. The van der Waals surface area contributed by atoms with Crippen LogP contribution in [0.25, 0.3) is 0 Å². The normalized spacial score (nSPS) is 29.1. The van der Waals surface area contributed by atoms with E-state index in [0.29, 0.717) is 0 Å². The number of aliphatic hydroxyl groups excluding tert-OH is 2. The highest BCUT2D eigenvalue weighted by Crippen LogP contribution is 2.29. The number of aliphatic hydroxyl groups is 2. The van der Waals surface area contributed by atoms with E-state index >= 15 is 0 Å². The van der Waals surface area contributed by atoms with E-state index in [2.05, 4.69) is 10.6 Å². The molecule has 0 radical (unpaired) electrons. The van der Waals surface area contributed by atoms with Crippen LogP contribution in [0.5, 0.6) is 0 Å². The van der Waals surface area contributed by atoms with Crippen molar-refractivity contribution in [1.29, 1.82) is 0 Å². The molecule has 13 nitrogen and oxygen atoms in total. The number of Topliss-reactive ketones (excluding diaryl/α,β-unsaturated/α-hetero) is 1. The fraction of sp³-hybridized carbons (Fsp3) is 0.400. The number of hydrogen-bond donors (Lipinski definition) is 5. The first kappa shape index (κ1) is 37.8. The Labute approximate surface area is 279 Å². The van der Waals surface area contributed by atoms with Gasteiger partial charge in [0.15, 0.2) is 6.10 Å². The van der Waals surface area contributed by atoms with Crippen molar-refractivity contribution in [3.63, 3.8) is 0 Å². The van der Waals surface area contributed by atoms with Crippen LogP contribution in [0.3, 0.4) is 0 Å². The molecule has 1 heterocycles. The first-order chi connectivity index (χ1) is 22.8. The van der Waals surface area contributed by atoms with Crippen LogP contribution in [0, 0.1) is 11.8 Å². The van der Waals surface area contributed by atoms with Gasteiger partial charge in [-0.2, -0.15) is 0 Å². The Morgan fingerprint density at radius 3 is 2.38 bits per heavy atom. The third kappa shape index (κ3) is 9.67. The maximum atomic E-state index is 13.8. The summed E-state index contributed by atoms with van der Waals surface area (Å²) in [5.74, 6) is -3.63.